The molecule has 162 valence electrons. The number of anilines is 1. The second kappa shape index (κ2) is 9.33. The molecule has 8 heteroatoms. The summed E-state index contributed by atoms with van der Waals surface area (Å²) in [4.78, 5) is 17.5. The molecule has 1 amide bonds. The fraction of sp³-hybridized carbons (Fsp3) is 0.125. The Bertz CT molecular complexity index is 1260. The topological polar surface area (TPSA) is 72.5 Å². The first-order chi connectivity index (χ1) is 15.5. The zero-order valence-corrected chi connectivity index (χ0v) is 19.4. The van der Waals surface area contributed by atoms with Gasteiger partial charge >= 0.3 is 0 Å². The van der Waals surface area contributed by atoms with Crippen molar-refractivity contribution in [1.29, 1.82) is 0 Å². The van der Waals surface area contributed by atoms with Crippen molar-refractivity contribution in [3.05, 3.63) is 71.8 Å². The number of thiazole rings is 1. The third kappa shape index (κ3) is 4.42. The van der Waals surface area contributed by atoms with Crippen molar-refractivity contribution in [3.63, 3.8) is 0 Å². The van der Waals surface area contributed by atoms with Crippen LogP contribution < -0.4 is 20.1 Å². The maximum atomic E-state index is 12.8. The molecule has 0 saturated heterocycles. The Balaban J connectivity index is 1.50. The monoisotopic (exact) mass is 463 g/mol. The number of methoxy groups -OCH3 is 2. The average molecular weight is 464 g/mol. The number of para-hydroxylation sites is 1. The van der Waals surface area contributed by atoms with Gasteiger partial charge in [-0.3, -0.25) is 10.1 Å². The van der Waals surface area contributed by atoms with Gasteiger partial charge in [-0.15, -0.1) is 11.3 Å². The Hall–Kier alpha value is -3.49. The summed E-state index contributed by atoms with van der Waals surface area (Å²) in [6.07, 6.45) is 0. The van der Waals surface area contributed by atoms with Gasteiger partial charge in [-0.05, 0) is 67.2 Å². The zero-order chi connectivity index (χ0) is 22.7. The van der Waals surface area contributed by atoms with Crippen LogP contribution in [0.15, 0.2) is 60.7 Å². The lowest BCUT2D eigenvalue weighted by molar-refractivity contribution is 0.0971. The van der Waals surface area contributed by atoms with E-state index >= 15 is 0 Å². The Labute approximate surface area is 195 Å². The van der Waals surface area contributed by atoms with E-state index < -0.39 is 5.91 Å². The predicted molar refractivity (Wildman–Crippen MR) is 133 cm³/mol. The smallest absolute Gasteiger partial charge is 0.264 e. The van der Waals surface area contributed by atoms with E-state index in [2.05, 4.69) is 16.7 Å². The van der Waals surface area contributed by atoms with E-state index in [4.69, 9.17) is 26.7 Å². The molecule has 4 aromatic rings. The van der Waals surface area contributed by atoms with Crippen LogP contribution in [0.25, 0.3) is 20.8 Å². The molecule has 6 nitrogen and oxygen atoms in total. The molecule has 0 saturated carbocycles. The van der Waals surface area contributed by atoms with Crippen LogP contribution in [-0.2, 0) is 0 Å². The lowest BCUT2D eigenvalue weighted by atomic mass is 10.1. The van der Waals surface area contributed by atoms with E-state index in [-0.39, 0.29) is 10.7 Å². The summed E-state index contributed by atoms with van der Waals surface area (Å²) in [5, 5.41) is 6.93. The second-order valence-electron chi connectivity index (χ2n) is 6.96. The number of thiocarbonyl (C=S) groups is 1. The van der Waals surface area contributed by atoms with Crippen LogP contribution in [0.2, 0.25) is 0 Å². The first-order valence-corrected chi connectivity index (χ1v) is 11.0. The quantitative estimate of drug-likeness (QED) is 0.385. The number of hydrogen-bond donors (Lipinski definition) is 2. The fourth-order valence-electron chi connectivity index (χ4n) is 3.33. The molecule has 0 fully saturated rings. The molecule has 0 aliphatic rings. The highest BCUT2D eigenvalue weighted by molar-refractivity contribution is 7.80. The predicted octanol–water partition coefficient (Wildman–Crippen LogP) is 5.42. The number of carbonyl (C=O) groups is 1. The number of aromatic nitrogens is 1. The highest BCUT2D eigenvalue weighted by atomic mass is 32.1. The first-order valence-electron chi connectivity index (χ1n) is 9.80. The van der Waals surface area contributed by atoms with Gasteiger partial charge in [0.25, 0.3) is 5.91 Å². The second-order valence-corrected chi connectivity index (χ2v) is 8.40. The van der Waals surface area contributed by atoms with Gasteiger partial charge in [0.2, 0.25) is 0 Å². The number of nitrogens with one attached hydrogen (secondary N) is 2. The van der Waals surface area contributed by atoms with Crippen LogP contribution in [0.4, 0.5) is 5.69 Å². The molecular weight excluding hydrogens is 442 g/mol. The number of amides is 1. The van der Waals surface area contributed by atoms with Crippen molar-refractivity contribution in [2.75, 3.05) is 19.5 Å². The molecule has 32 heavy (non-hydrogen) atoms. The number of hydrogen-bond acceptors (Lipinski definition) is 6. The molecule has 0 aliphatic carbocycles. The van der Waals surface area contributed by atoms with Crippen LogP contribution in [0, 0.1) is 6.92 Å². The summed E-state index contributed by atoms with van der Waals surface area (Å²) in [6, 6.07) is 19.2. The van der Waals surface area contributed by atoms with Crippen LogP contribution in [-0.4, -0.2) is 30.2 Å². The minimum absolute atomic E-state index is 0.179. The lowest BCUT2D eigenvalue weighted by Crippen LogP contribution is -2.34. The van der Waals surface area contributed by atoms with Crippen molar-refractivity contribution < 1.29 is 14.3 Å². The summed E-state index contributed by atoms with van der Waals surface area (Å²) in [5.41, 5.74) is 4.08. The van der Waals surface area contributed by atoms with Crippen LogP contribution in [0.3, 0.4) is 0 Å². The summed E-state index contributed by atoms with van der Waals surface area (Å²) >= 11 is 7.02. The molecule has 0 spiro atoms. The van der Waals surface area contributed by atoms with Gasteiger partial charge in [0.15, 0.2) is 5.11 Å². The molecule has 4 rings (SSSR count). The number of fused-ring (bicyclic) bond motifs is 1. The Morgan fingerprint density at radius 3 is 2.38 bits per heavy atom. The van der Waals surface area contributed by atoms with Gasteiger partial charge in [0.1, 0.15) is 22.1 Å². The number of ether oxygens (including phenoxy) is 2. The van der Waals surface area contributed by atoms with Gasteiger partial charge in [0, 0.05) is 11.3 Å². The molecule has 0 unspecified atom stereocenters. The van der Waals surface area contributed by atoms with Crippen molar-refractivity contribution in [3.8, 4) is 22.1 Å². The van der Waals surface area contributed by atoms with Crippen molar-refractivity contribution in [1.82, 2.24) is 10.3 Å². The number of carbonyl (C=O) groups excluding carboxylic acids is 1. The number of benzene rings is 3. The molecule has 1 aromatic heterocycles. The molecule has 1 heterocycles. The summed E-state index contributed by atoms with van der Waals surface area (Å²) in [5.74, 6) is 0.391. The maximum absolute atomic E-state index is 12.8. The van der Waals surface area contributed by atoms with Gasteiger partial charge in [-0.25, -0.2) is 4.98 Å². The minimum Gasteiger partial charge on any atom is -0.496 e. The van der Waals surface area contributed by atoms with E-state index in [1.807, 2.05) is 43.3 Å². The minimum atomic E-state index is -0.416. The Morgan fingerprint density at radius 1 is 1.00 bits per heavy atom. The van der Waals surface area contributed by atoms with Crippen LogP contribution in [0.5, 0.6) is 11.5 Å². The third-order valence-electron chi connectivity index (χ3n) is 4.90. The molecule has 0 atom stereocenters. The zero-order valence-electron chi connectivity index (χ0n) is 17.8. The SMILES string of the molecule is COc1cccc(OC)c1C(=O)NC(=S)Nc1ccc(-c2nc3ccccc3s2)cc1C. The van der Waals surface area contributed by atoms with E-state index in [9.17, 15) is 4.79 Å². The third-order valence-corrected chi connectivity index (χ3v) is 6.19. The standard InChI is InChI=1S/C24H21N3O3S2/c1-14-13-15(23-25-17-7-4-5-10-20(17)32-23)11-12-16(14)26-24(31)27-22(28)21-18(29-2)8-6-9-19(21)30-3/h4-13H,1-3H3,(H2,26,27,28,31). The molecule has 3 aromatic carbocycles. The Morgan fingerprint density at radius 2 is 1.72 bits per heavy atom. The van der Waals surface area contributed by atoms with Crippen LogP contribution in [0.1, 0.15) is 15.9 Å². The Kier molecular flexibility index (Phi) is 6.34. The summed E-state index contributed by atoms with van der Waals surface area (Å²) in [6.45, 7) is 1.98. The highest BCUT2D eigenvalue weighted by Crippen LogP contribution is 2.32. The largest absolute Gasteiger partial charge is 0.496 e. The van der Waals surface area contributed by atoms with Crippen molar-refractivity contribution in [2.24, 2.45) is 0 Å². The molecular formula is C24H21N3O3S2. The van der Waals surface area contributed by atoms with E-state index in [0.717, 1.165) is 32.0 Å². The van der Waals surface area contributed by atoms with Crippen molar-refractivity contribution >= 4 is 50.5 Å². The first kappa shape index (κ1) is 21.7. The van der Waals surface area contributed by atoms with Gasteiger partial charge < -0.3 is 14.8 Å². The average Bonchev–Trinajstić information content (AvgIpc) is 3.24. The van der Waals surface area contributed by atoms with Gasteiger partial charge in [0.05, 0.1) is 24.4 Å². The van der Waals surface area contributed by atoms with E-state index in [1.165, 1.54) is 14.2 Å². The molecule has 0 radical (unpaired) electrons. The number of aryl methyl sites for hydroxylation is 1. The van der Waals surface area contributed by atoms with Gasteiger partial charge in [-0.2, -0.15) is 0 Å². The van der Waals surface area contributed by atoms with Gasteiger partial charge in [-0.1, -0.05) is 18.2 Å². The lowest BCUT2D eigenvalue weighted by Gasteiger charge is -2.15. The number of rotatable bonds is 5. The summed E-state index contributed by atoms with van der Waals surface area (Å²) in [7, 11) is 3.00. The normalized spacial score (nSPS) is 10.6. The maximum Gasteiger partial charge on any atom is 0.264 e. The molecule has 0 bridgehead atoms. The summed E-state index contributed by atoms with van der Waals surface area (Å²) < 4.78 is 11.7. The fourth-order valence-corrected chi connectivity index (χ4v) is 4.49. The number of nitrogens with zero attached hydrogens (tertiary/aromatic N) is 1. The van der Waals surface area contributed by atoms with Crippen molar-refractivity contribution in [2.45, 2.75) is 6.92 Å². The molecule has 0 aliphatic heterocycles. The highest BCUT2D eigenvalue weighted by Gasteiger charge is 2.19. The van der Waals surface area contributed by atoms with E-state index in [1.54, 1.807) is 29.5 Å². The van der Waals surface area contributed by atoms with E-state index in [0.29, 0.717) is 11.5 Å². The molecule has 2 N–H and O–H groups in total. The van der Waals surface area contributed by atoms with Crippen LogP contribution >= 0.6 is 23.6 Å².